The van der Waals surface area contributed by atoms with Gasteiger partial charge in [-0.25, -0.2) is 18.1 Å². The number of urea groups is 1. The van der Waals surface area contributed by atoms with E-state index in [1.165, 1.54) is 4.31 Å². The van der Waals surface area contributed by atoms with Crippen LogP contribution in [0.15, 0.2) is 27.6 Å². The van der Waals surface area contributed by atoms with E-state index in [1.54, 1.807) is 39.0 Å². The van der Waals surface area contributed by atoms with Gasteiger partial charge in [0.15, 0.2) is 17.3 Å². The number of imide groups is 1. The van der Waals surface area contributed by atoms with Crippen molar-refractivity contribution in [2.75, 3.05) is 39.6 Å². The first-order chi connectivity index (χ1) is 16.1. The maximum absolute atomic E-state index is 13.3. The van der Waals surface area contributed by atoms with Gasteiger partial charge in [0, 0.05) is 26.2 Å². The van der Waals surface area contributed by atoms with E-state index < -0.39 is 21.6 Å². The van der Waals surface area contributed by atoms with Crippen molar-refractivity contribution in [3.8, 4) is 11.5 Å². The van der Waals surface area contributed by atoms with Crippen LogP contribution in [0.25, 0.3) is 0 Å². The van der Waals surface area contributed by atoms with Gasteiger partial charge < -0.3 is 19.3 Å². The fourth-order valence-electron chi connectivity index (χ4n) is 4.51. The van der Waals surface area contributed by atoms with E-state index in [0.717, 1.165) is 4.90 Å². The normalized spacial score (nSPS) is 23.6. The lowest BCUT2D eigenvalue weighted by atomic mass is 9.92. The number of hydrogen-bond acceptors (Lipinski definition) is 9. The second-order valence-electron chi connectivity index (χ2n) is 8.67. The van der Waals surface area contributed by atoms with Gasteiger partial charge >= 0.3 is 6.03 Å². The van der Waals surface area contributed by atoms with E-state index in [0.29, 0.717) is 35.8 Å². The maximum Gasteiger partial charge on any atom is 0.326 e. The molecule has 3 aliphatic heterocycles. The molecule has 1 N–H and O–H groups in total. The van der Waals surface area contributed by atoms with E-state index >= 15 is 0 Å². The molecule has 182 valence electrons. The summed E-state index contributed by atoms with van der Waals surface area (Å²) >= 11 is 0. The third-order valence-corrected chi connectivity index (χ3v) is 8.61. The van der Waals surface area contributed by atoms with Gasteiger partial charge in [-0.3, -0.25) is 9.69 Å². The van der Waals surface area contributed by atoms with E-state index in [2.05, 4.69) is 10.5 Å². The van der Waals surface area contributed by atoms with Crippen LogP contribution in [-0.4, -0.2) is 79.3 Å². The van der Waals surface area contributed by atoms with Crippen LogP contribution in [0.5, 0.6) is 11.5 Å². The van der Waals surface area contributed by atoms with Crippen molar-refractivity contribution < 1.29 is 32.0 Å². The van der Waals surface area contributed by atoms with E-state index in [4.69, 9.17) is 14.0 Å². The zero-order valence-corrected chi connectivity index (χ0v) is 19.8. The zero-order valence-electron chi connectivity index (χ0n) is 19.0. The van der Waals surface area contributed by atoms with Crippen molar-refractivity contribution in [3.63, 3.8) is 0 Å². The van der Waals surface area contributed by atoms with Crippen LogP contribution >= 0.6 is 0 Å². The number of ether oxygens (including phenoxy) is 2. The van der Waals surface area contributed by atoms with E-state index in [-0.39, 0.29) is 43.1 Å². The predicted molar refractivity (Wildman–Crippen MR) is 116 cm³/mol. The maximum atomic E-state index is 13.3. The van der Waals surface area contributed by atoms with Crippen LogP contribution in [0.4, 0.5) is 4.79 Å². The highest BCUT2D eigenvalue weighted by Gasteiger charge is 2.50. The second-order valence-corrected chi connectivity index (χ2v) is 10.5. The molecule has 0 unspecified atom stereocenters. The first-order valence-corrected chi connectivity index (χ1v) is 12.2. The number of aryl methyl sites for hydroxylation is 2. The van der Waals surface area contributed by atoms with Gasteiger partial charge in [-0.05, 0) is 38.5 Å². The SMILES string of the molecule is Cc1noc(C)c1S(=O)(=O)N1CCN(CN2C(=O)N[C@](C)(c3ccc4c(c3)OCO4)C2=O)CC1. The number of benzene rings is 1. The Bertz CT molecular complexity index is 1250. The average Bonchev–Trinajstić information content (AvgIpc) is 3.47. The molecular weight excluding hydrogens is 466 g/mol. The van der Waals surface area contributed by atoms with Crippen molar-refractivity contribution in [2.24, 2.45) is 0 Å². The topological polar surface area (TPSA) is 135 Å². The highest BCUT2D eigenvalue weighted by atomic mass is 32.2. The number of nitrogens with one attached hydrogen (secondary N) is 1. The molecule has 3 amide bonds. The van der Waals surface area contributed by atoms with Gasteiger partial charge in [0.05, 0.1) is 6.67 Å². The third-order valence-electron chi connectivity index (χ3n) is 6.46. The number of amides is 3. The molecule has 12 nitrogen and oxygen atoms in total. The minimum atomic E-state index is -3.74. The Morgan fingerprint density at radius 2 is 1.79 bits per heavy atom. The largest absolute Gasteiger partial charge is 0.454 e. The van der Waals surface area contributed by atoms with Crippen LogP contribution in [-0.2, 0) is 20.4 Å². The summed E-state index contributed by atoms with van der Waals surface area (Å²) < 4.78 is 43.2. The molecule has 3 aliphatic rings. The average molecular weight is 492 g/mol. The molecule has 0 bridgehead atoms. The number of carbonyl (C=O) groups is 2. The highest BCUT2D eigenvalue weighted by molar-refractivity contribution is 7.89. The Labute approximate surface area is 196 Å². The van der Waals surface area contributed by atoms with Crippen LogP contribution in [0.2, 0.25) is 0 Å². The summed E-state index contributed by atoms with van der Waals surface area (Å²) in [7, 11) is -3.74. The molecule has 34 heavy (non-hydrogen) atoms. The molecule has 2 fully saturated rings. The first-order valence-electron chi connectivity index (χ1n) is 10.8. The molecular formula is C21H25N5O7S. The molecule has 2 aromatic rings. The Kier molecular flexibility index (Phi) is 5.30. The van der Waals surface area contributed by atoms with Gasteiger partial charge in [0.25, 0.3) is 5.91 Å². The highest BCUT2D eigenvalue weighted by Crippen LogP contribution is 2.38. The van der Waals surface area contributed by atoms with Gasteiger partial charge in [0.1, 0.15) is 16.1 Å². The second kappa shape index (κ2) is 7.96. The number of fused-ring (bicyclic) bond motifs is 1. The Morgan fingerprint density at radius 3 is 2.47 bits per heavy atom. The summed E-state index contributed by atoms with van der Waals surface area (Å²) in [5.41, 5.74) is -0.331. The van der Waals surface area contributed by atoms with Crippen LogP contribution < -0.4 is 14.8 Å². The van der Waals surface area contributed by atoms with Crippen LogP contribution in [0, 0.1) is 13.8 Å². The standard InChI is InChI=1S/C21H25N5O7S/c1-13-18(14(2)33-23-13)34(29,30)25-8-6-24(7-9-25)11-26-19(27)21(3,22-20(26)28)15-4-5-16-17(10-15)32-12-31-16/h4-5,10H,6-9,11-12H2,1-3H3,(H,22,28)/t21-/m1/s1. The molecule has 1 aromatic heterocycles. The molecule has 5 rings (SSSR count). The smallest absolute Gasteiger partial charge is 0.326 e. The van der Waals surface area contributed by atoms with E-state index in [9.17, 15) is 18.0 Å². The molecule has 2 saturated heterocycles. The molecule has 0 spiro atoms. The van der Waals surface area contributed by atoms with Crippen molar-refractivity contribution in [1.82, 2.24) is 24.6 Å². The first kappa shape index (κ1) is 22.6. The molecule has 1 aromatic carbocycles. The lowest BCUT2D eigenvalue weighted by Crippen LogP contribution is -2.52. The summed E-state index contributed by atoms with van der Waals surface area (Å²) in [6.45, 7) is 6.14. The van der Waals surface area contributed by atoms with Crippen molar-refractivity contribution in [1.29, 1.82) is 0 Å². The van der Waals surface area contributed by atoms with Gasteiger partial charge in [-0.2, -0.15) is 4.31 Å². The summed E-state index contributed by atoms with van der Waals surface area (Å²) in [6.07, 6.45) is 0. The number of sulfonamides is 1. The molecule has 0 aliphatic carbocycles. The lowest BCUT2D eigenvalue weighted by Gasteiger charge is -2.35. The monoisotopic (exact) mass is 491 g/mol. The number of piperazine rings is 1. The van der Waals surface area contributed by atoms with Crippen molar-refractivity contribution >= 4 is 22.0 Å². The quantitative estimate of drug-likeness (QED) is 0.601. The lowest BCUT2D eigenvalue weighted by molar-refractivity contribution is -0.132. The molecule has 0 radical (unpaired) electrons. The summed E-state index contributed by atoms with van der Waals surface area (Å²) in [4.78, 5) is 29.1. The van der Waals surface area contributed by atoms with Gasteiger partial charge in [-0.15, -0.1) is 0 Å². The Hall–Kier alpha value is -3.16. The minimum absolute atomic E-state index is 0.0595. The Balaban J connectivity index is 1.26. The molecule has 4 heterocycles. The third kappa shape index (κ3) is 3.51. The van der Waals surface area contributed by atoms with Crippen molar-refractivity contribution in [2.45, 2.75) is 31.2 Å². The van der Waals surface area contributed by atoms with Crippen LogP contribution in [0.1, 0.15) is 23.9 Å². The molecule has 13 heteroatoms. The number of carbonyl (C=O) groups excluding carboxylic acids is 2. The zero-order chi connectivity index (χ0) is 24.3. The Morgan fingerprint density at radius 1 is 1.09 bits per heavy atom. The fourth-order valence-corrected chi connectivity index (χ4v) is 6.23. The summed E-state index contributed by atoms with van der Waals surface area (Å²) in [5, 5.41) is 6.52. The van der Waals surface area contributed by atoms with Gasteiger partial charge in [-0.1, -0.05) is 11.2 Å². The molecule has 0 saturated carbocycles. The summed E-state index contributed by atoms with van der Waals surface area (Å²) in [6, 6.07) is 4.63. The van der Waals surface area contributed by atoms with Crippen LogP contribution in [0.3, 0.4) is 0 Å². The summed E-state index contributed by atoms with van der Waals surface area (Å²) in [5.74, 6) is 0.976. The number of nitrogens with zero attached hydrogens (tertiary/aromatic N) is 4. The minimum Gasteiger partial charge on any atom is -0.454 e. The number of hydrogen-bond donors (Lipinski definition) is 1. The number of rotatable bonds is 5. The fraction of sp³-hybridized carbons (Fsp3) is 0.476. The van der Waals surface area contributed by atoms with Crippen molar-refractivity contribution in [3.05, 3.63) is 35.2 Å². The van der Waals surface area contributed by atoms with Gasteiger partial charge in [0.2, 0.25) is 16.8 Å². The predicted octanol–water partition coefficient (Wildman–Crippen LogP) is 0.751. The molecule has 1 atom stereocenters. The number of aromatic nitrogens is 1. The van der Waals surface area contributed by atoms with E-state index in [1.807, 2.05) is 4.90 Å².